The first-order valence-electron chi connectivity index (χ1n) is 19.7. The van der Waals surface area contributed by atoms with Crippen LogP contribution >= 0.6 is 0 Å². The molecule has 0 amide bonds. The Hall–Kier alpha value is -7.16. The molecular weight excluding hydrogens is 689 g/mol. The highest BCUT2D eigenvalue weighted by Crippen LogP contribution is 2.52. The highest BCUT2D eigenvalue weighted by atomic mass is 14.9. The van der Waals surface area contributed by atoms with Gasteiger partial charge in [0.25, 0.3) is 0 Å². The summed E-state index contributed by atoms with van der Waals surface area (Å²) in [6.07, 6.45) is 0. The van der Waals surface area contributed by atoms with E-state index in [1.165, 1.54) is 60.3 Å². The quantitative estimate of drug-likeness (QED) is 0.176. The molecule has 1 aromatic heterocycles. The van der Waals surface area contributed by atoms with Crippen LogP contribution in [0.15, 0.2) is 194 Å². The fourth-order valence-electron chi connectivity index (χ4n) is 9.29. The van der Waals surface area contributed by atoms with E-state index in [2.05, 4.69) is 208 Å². The van der Waals surface area contributed by atoms with E-state index in [1.54, 1.807) is 0 Å². The molecule has 0 saturated heterocycles. The van der Waals surface area contributed by atoms with Gasteiger partial charge in [-0.1, -0.05) is 190 Å². The monoisotopic (exact) mass is 726 g/mol. The Labute approximate surface area is 332 Å². The van der Waals surface area contributed by atoms with Crippen LogP contribution in [0, 0.1) is 0 Å². The zero-order valence-electron chi connectivity index (χ0n) is 31.9. The van der Waals surface area contributed by atoms with Gasteiger partial charge in [-0.25, -0.2) is 9.97 Å². The summed E-state index contributed by atoms with van der Waals surface area (Å²) in [5, 5.41) is 7.26. The number of rotatable bonds is 5. The fourth-order valence-corrected chi connectivity index (χ4v) is 9.29. The third-order valence-electron chi connectivity index (χ3n) is 12.1. The second-order valence-electron chi connectivity index (χ2n) is 15.7. The van der Waals surface area contributed by atoms with E-state index in [9.17, 15) is 0 Å². The molecule has 0 radical (unpaired) electrons. The molecule has 57 heavy (non-hydrogen) atoms. The first kappa shape index (κ1) is 33.2. The molecule has 2 heteroatoms. The summed E-state index contributed by atoms with van der Waals surface area (Å²) in [5.41, 5.74) is 15.0. The SMILES string of the molecule is CC1(C)c2cc(-c3ccc(-c4nc(-c5ccccc5-c5ccccc5)cc(-c5cccc6ccccc56)n4)c4ccccc34)ccc2-c2c1ccc1ccccc21. The minimum absolute atomic E-state index is 0.122. The summed E-state index contributed by atoms with van der Waals surface area (Å²) in [6, 6.07) is 70.0. The lowest BCUT2D eigenvalue weighted by Gasteiger charge is -2.22. The molecule has 1 aliphatic rings. The van der Waals surface area contributed by atoms with Gasteiger partial charge in [-0.05, 0) is 95.0 Å². The highest BCUT2D eigenvalue weighted by Gasteiger charge is 2.36. The van der Waals surface area contributed by atoms with Crippen LogP contribution in [0.3, 0.4) is 0 Å². The lowest BCUT2D eigenvalue weighted by atomic mass is 9.81. The second-order valence-corrected chi connectivity index (χ2v) is 15.7. The maximum atomic E-state index is 5.42. The van der Waals surface area contributed by atoms with Crippen molar-refractivity contribution in [3.8, 4) is 67.3 Å². The van der Waals surface area contributed by atoms with Crippen molar-refractivity contribution >= 4 is 32.3 Å². The number of hydrogen-bond acceptors (Lipinski definition) is 2. The molecule has 0 fully saturated rings. The van der Waals surface area contributed by atoms with Gasteiger partial charge in [-0.2, -0.15) is 0 Å². The molecule has 0 N–H and O–H groups in total. The lowest BCUT2D eigenvalue weighted by Crippen LogP contribution is -2.15. The first-order valence-corrected chi connectivity index (χ1v) is 19.7. The molecule has 0 atom stereocenters. The molecule has 2 nitrogen and oxygen atoms in total. The molecule has 1 heterocycles. The maximum Gasteiger partial charge on any atom is 0.161 e. The zero-order chi connectivity index (χ0) is 38.1. The van der Waals surface area contributed by atoms with Gasteiger partial charge >= 0.3 is 0 Å². The van der Waals surface area contributed by atoms with E-state index in [4.69, 9.17) is 9.97 Å². The molecule has 0 unspecified atom stereocenters. The minimum Gasteiger partial charge on any atom is -0.228 e. The number of fused-ring (bicyclic) bond motifs is 7. The molecule has 10 aromatic rings. The summed E-state index contributed by atoms with van der Waals surface area (Å²) in [5.74, 6) is 0.707. The van der Waals surface area contributed by atoms with Gasteiger partial charge in [0, 0.05) is 22.1 Å². The summed E-state index contributed by atoms with van der Waals surface area (Å²) in [6.45, 7) is 4.73. The van der Waals surface area contributed by atoms with Crippen molar-refractivity contribution in [3.05, 3.63) is 205 Å². The van der Waals surface area contributed by atoms with Crippen LogP contribution < -0.4 is 0 Å². The number of aromatic nitrogens is 2. The van der Waals surface area contributed by atoms with Gasteiger partial charge < -0.3 is 0 Å². The zero-order valence-corrected chi connectivity index (χ0v) is 31.9. The third-order valence-corrected chi connectivity index (χ3v) is 12.1. The Kier molecular flexibility index (Phi) is 7.55. The van der Waals surface area contributed by atoms with Crippen LogP contribution in [-0.4, -0.2) is 9.97 Å². The first-order chi connectivity index (χ1) is 28.0. The smallest absolute Gasteiger partial charge is 0.161 e. The van der Waals surface area contributed by atoms with Gasteiger partial charge in [-0.3, -0.25) is 0 Å². The topological polar surface area (TPSA) is 25.8 Å². The maximum absolute atomic E-state index is 5.42. The van der Waals surface area contributed by atoms with E-state index in [1.807, 2.05) is 0 Å². The molecule has 11 rings (SSSR count). The Bertz CT molecular complexity index is 3210. The van der Waals surface area contributed by atoms with E-state index in [0.29, 0.717) is 5.82 Å². The van der Waals surface area contributed by atoms with Crippen molar-refractivity contribution < 1.29 is 0 Å². The Morgan fingerprint density at radius 3 is 1.68 bits per heavy atom. The summed E-state index contributed by atoms with van der Waals surface area (Å²) in [7, 11) is 0. The van der Waals surface area contributed by atoms with Crippen molar-refractivity contribution in [2.45, 2.75) is 19.3 Å². The van der Waals surface area contributed by atoms with Crippen LogP contribution in [0.5, 0.6) is 0 Å². The van der Waals surface area contributed by atoms with Crippen molar-refractivity contribution in [1.82, 2.24) is 9.97 Å². The summed E-state index contributed by atoms with van der Waals surface area (Å²) >= 11 is 0. The normalized spacial score (nSPS) is 12.9. The number of nitrogens with zero attached hydrogens (tertiary/aromatic N) is 2. The van der Waals surface area contributed by atoms with Crippen LogP contribution in [-0.2, 0) is 5.41 Å². The van der Waals surface area contributed by atoms with E-state index >= 15 is 0 Å². The Morgan fingerprint density at radius 1 is 0.333 bits per heavy atom. The average Bonchev–Trinajstić information content (AvgIpc) is 3.51. The number of benzene rings is 9. The van der Waals surface area contributed by atoms with Gasteiger partial charge in [0.1, 0.15) is 0 Å². The molecule has 0 spiro atoms. The van der Waals surface area contributed by atoms with Crippen molar-refractivity contribution in [2.75, 3.05) is 0 Å². The minimum atomic E-state index is -0.122. The second kappa shape index (κ2) is 13.0. The van der Waals surface area contributed by atoms with E-state index in [0.717, 1.165) is 44.6 Å². The predicted octanol–water partition coefficient (Wildman–Crippen LogP) is 14.6. The Balaban J connectivity index is 1.10. The molecule has 268 valence electrons. The van der Waals surface area contributed by atoms with E-state index < -0.39 is 0 Å². The fraction of sp³-hybridized carbons (Fsp3) is 0.0545. The van der Waals surface area contributed by atoms with Crippen molar-refractivity contribution in [3.63, 3.8) is 0 Å². The Morgan fingerprint density at radius 2 is 0.895 bits per heavy atom. The molecule has 0 aliphatic heterocycles. The molecular formula is C55H38N2. The van der Waals surface area contributed by atoms with Gasteiger partial charge in [0.05, 0.1) is 11.4 Å². The molecule has 0 bridgehead atoms. The van der Waals surface area contributed by atoms with Crippen LogP contribution in [0.25, 0.3) is 99.6 Å². The van der Waals surface area contributed by atoms with Crippen LogP contribution in [0.4, 0.5) is 0 Å². The number of hydrogen-bond donors (Lipinski definition) is 0. The van der Waals surface area contributed by atoms with Crippen LogP contribution in [0.2, 0.25) is 0 Å². The molecule has 0 saturated carbocycles. The van der Waals surface area contributed by atoms with E-state index in [-0.39, 0.29) is 5.41 Å². The van der Waals surface area contributed by atoms with Gasteiger partial charge in [0.2, 0.25) is 0 Å². The molecule has 9 aromatic carbocycles. The average molecular weight is 727 g/mol. The molecule has 1 aliphatic carbocycles. The van der Waals surface area contributed by atoms with Crippen molar-refractivity contribution in [1.29, 1.82) is 0 Å². The third kappa shape index (κ3) is 5.33. The van der Waals surface area contributed by atoms with Gasteiger partial charge in [-0.15, -0.1) is 0 Å². The predicted molar refractivity (Wildman–Crippen MR) is 239 cm³/mol. The standard InChI is InChI=1S/C55H38N2/c1-55(2)49-32-28-37-18-7-9-22-42(37)53(49)48-29-27-38(33-50(48)55)41-30-31-47(44-24-12-11-23-43(41)44)54-56-51(45-25-13-10-21-39(45)35-15-4-3-5-16-35)34-52(57-54)46-26-14-19-36-17-6-8-20-40(36)46/h3-34H,1-2H3. The van der Waals surface area contributed by atoms with Gasteiger partial charge in [0.15, 0.2) is 5.82 Å². The summed E-state index contributed by atoms with van der Waals surface area (Å²) < 4.78 is 0. The highest BCUT2D eigenvalue weighted by molar-refractivity contribution is 6.07. The summed E-state index contributed by atoms with van der Waals surface area (Å²) in [4.78, 5) is 10.8. The van der Waals surface area contributed by atoms with Crippen molar-refractivity contribution in [2.24, 2.45) is 0 Å². The lowest BCUT2D eigenvalue weighted by molar-refractivity contribution is 0.661. The largest absolute Gasteiger partial charge is 0.228 e. The van der Waals surface area contributed by atoms with Crippen LogP contribution in [0.1, 0.15) is 25.0 Å².